The van der Waals surface area contributed by atoms with Crippen molar-refractivity contribution in [2.24, 2.45) is 0 Å². The molecular weight excluding hydrogens is 266 g/mol. The molecule has 1 amide bonds. The molecule has 0 aliphatic carbocycles. The molecule has 1 heterocycles. The van der Waals surface area contributed by atoms with E-state index in [4.69, 9.17) is 0 Å². The SMILES string of the molecule is CCCNC(=O)CNc1nc(C(C)C)nc(NCC)c1C. The third-order valence-corrected chi connectivity index (χ3v) is 3.01. The fourth-order valence-electron chi connectivity index (χ4n) is 1.79. The molecule has 0 aliphatic rings. The van der Waals surface area contributed by atoms with E-state index < -0.39 is 0 Å². The molecule has 1 aromatic heterocycles. The molecule has 6 heteroatoms. The summed E-state index contributed by atoms with van der Waals surface area (Å²) in [7, 11) is 0. The van der Waals surface area contributed by atoms with Gasteiger partial charge >= 0.3 is 0 Å². The third-order valence-electron chi connectivity index (χ3n) is 3.01. The summed E-state index contributed by atoms with van der Waals surface area (Å²) in [4.78, 5) is 20.7. The standard InChI is InChI=1S/C15H27N5O/c1-6-8-17-12(21)9-18-15-11(5)14(16-7-2)19-13(20-15)10(3)4/h10H,6-9H2,1-5H3,(H,17,21)(H2,16,18,19,20). The number of anilines is 2. The highest BCUT2D eigenvalue weighted by Crippen LogP contribution is 2.22. The van der Waals surface area contributed by atoms with E-state index in [1.807, 2.05) is 20.8 Å². The van der Waals surface area contributed by atoms with Crippen molar-refractivity contribution >= 4 is 17.5 Å². The number of hydrogen-bond donors (Lipinski definition) is 3. The van der Waals surface area contributed by atoms with E-state index in [1.54, 1.807) is 0 Å². The Hall–Kier alpha value is -1.85. The van der Waals surface area contributed by atoms with Gasteiger partial charge in [0.25, 0.3) is 0 Å². The van der Waals surface area contributed by atoms with E-state index in [9.17, 15) is 4.79 Å². The van der Waals surface area contributed by atoms with Crippen LogP contribution in [0.3, 0.4) is 0 Å². The highest BCUT2D eigenvalue weighted by atomic mass is 16.1. The average molecular weight is 293 g/mol. The maximum Gasteiger partial charge on any atom is 0.239 e. The molecule has 0 saturated heterocycles. The van der Waals surface area contributed by atoms with Crippen LogP contribution in [0.2, 0.25) is 0 Å². The first kappa shape index (κ1) is 17.2. The van der Waals surface area contributed by atoms with Gasteiger partial charge < -0.3 is 16.0 Å². The Morgan fingerprint density at radius 2 is 1.76 bits per heavy atom. The summed E-state index contributed by atoms with van der Waals surface area (Å²) in [6.45, 7) is 11.8. The summed E-state index contributed by atoms with van der Waals surface area (Å²) >= 11 is 0. The smallest absolute Gasteiger partial charge is 0.239 e. The third kappa shape index (κ3) is 5.21. The van der Waals surface area contributed by atoms with Gasteiger partial charge in [-0.2, -0.15) is 0 Å². The average Bonchev–Trinajstić information content (AvgIpc) is 2.45. The minimum Gasteiger partial charge on any atom is -0.370 e. The first-order chi connectivity index (χ1) is 9.99. The van der Waals surface area contributed by atoms with Crippen LogP contribution in [-0.4, -0.2) is 35.5 Å². The first-order valence-corrected chi connectivity index (χ1v) is 7.62. The van der Waals surface area contributed by atoms with E-state index in [1.165, 1.54) is 0 Å². The molecule has 0 bridgehead atoms. The lowest BCUT2D eigenvalue weighted by atomic mass is 10.2. The van der Waals surface area contributed by atoms with Crippen molar-refractivity contribution in [2.75, 3.05) is 30.3 Å². The van der Waals surface area contributed by atoms with Gasteiger partial charge in [0, 0.05) is 24.6 Å². The van der Waals surface area contributed by atoms with E-state index >= 15 is 0 Å². The molecule has 0 unspecified atom stereocenters. The molecule has 21 heavy (non-hydrogen) atoms. The fourth-order valence-corrected chi connectivity index (χ4v) is 1.79. The summed E-state index contributed by atoms with van der Waals surface area (Å²) in [6.07, 6.45) is 0.931. The minimum absolute atomic E-state index is 0.0223. The molecule has 0 spiro atoms. The van der Waals surface area contributed by atoms with E-state index in [2.05, 4.69) is 39.8 Å². The zero-order valence-corrected chi connectivity index (χ0v) is 13.7. The van der Waals surface area contributed by atoms with Crippen molar-refractivity contribution in [1.82, 2.24) is 15.3 Å². The van der Waals surface area contributed by atoms with Gasteiger partial charge in [0.15, 0.2) is 0 Å². The molecule has 0 radical (unpaired) electrons. The van der Waals surface area contributed by atoms with Gasteiger partial charge in [-0.1, -0.05) is 20.8 Å². The highest BCUT2D eigenvalue weighted by molar-refractivity contribution is 5.80. The molecule has 0 saturated carbocycles. The van der Waals surface area contributed by atoms with Crippen molar-refractivity contribution in [3.05, 3.63) is 11.4 Å². The number of rotatable bonds is 8. The predicted octanol–water partition coefficient (Wildman–Crippen LogP) is 2.28. The lowest BCUT2D eigenvalue weighted by Crippen LogP contribution is -2.30. The van der Waals surface area contributed by atoms with Crippen LogP contribution in [0, 0.1) is 6.92 Å². The second-order valence-corrected chi connectivity index (χ2v) is 5.29. The maximum absolute atomic E-state index is 11.7. The summed E-state index contributed by atoms with van der Waals surface area (Å²) in [5.41, 5.74) is 0.935. The predicted molar refractivity (Wildman–Crippen MR) is 86.8 cm³/mol. The number of carbonyl (C=O) groups excluding carboxylic acids is 1. The highest BCUT2D eigenvalue weighted by Gasteiger charge is 2.13. The van der Waals surface area contributed by atoms with Crippen LogP contribution in [0.5, 0.6) is 0 Å². The molecule has 118 valence electrons. The maximum atomic E-state index is 11.7. The topological polar surface area (TPSA) is 78.9 Å². The van der Waals surface area contributed by atoms with Crippen LogP contribution in [0.4, 0.5) is 11.6 Å². The number of aromatic nitrogens is 2. The zero-order valence-electron chi connectivity index (χ0n) is 13.7. The zero-order chi connectivity index (χ0) is 15.8. The number of nitrogens with zero attached hydrogens (tertiary/aromatic N) is 2. The van der Waals surface area contributed by atoms with Crippen LogP contribution in [0.1, 0.15) is 51.4 Å². The van der Waals surface area contributed by atoms with Crippen LogP contribution in [0.25, 0.3) is 0 Å². The van der Waals surface area contributed by atoms with Gasteiger partial charge in [-0.3, -0.25) is 4.79 Å². The van der Waals surface area contributed by atoms with Crippen molar-refractivity contribution in [1.29, 1.82) is 0 Å². The summed E-state index contributed by atoms with van der Waals surface area (Å²) in [5.74, 6) is 2.53. The summed E-state index contributed by atoms with van der Waals surface area (Å²) < 4.78 is 0. The Labute approximate surface area is 127 Å². The Balaban J connectivity index is 2.86. The van der Waals surface area contributed by atoms with Crippen LogP contribution >= 0.6 is 0 Å². The normalized spacial score (nSPS) is 10.6. The summed E-state index contributed by atoms with van der Waals surface area (Å²) in [6, 6.07) is 0. The van der Waals surface area contributed by atoms with Gasteiger partial charge in [-0.05, 0) is 20.3 Å². The van der Waals surface area contributed by atoms with Crippen molar-refractivity contribution in [3.63, 3.8) is 0 Å². The lowest BCUT2D eigenvalue weighted by Gasteiger charge is -2.15. The molecule has 3 N–H and O–H groups in total. The van der Waals surface area contributed by atoms with E-state index in [0.29, 0.717) is 6.54 Å². The van der Waals surface area contributed by atoms with Gasteiger partial charge in [0.05, 0.1) is 6.54 Å². The fraction of sp³-hybridized carbons (Fsp3) is 0.667. The van der Waals surface area contributed by atoms with Gasteiger partial charge in [-0.25, -0.2) is 9.97 Å². The molecule has 0 fully saturated rings. The summed E-state index contributed by atoms with van der Waals surface area (Å²) in [5, 5.41) is 9.19. The number of carbonyl (C=O) groups is 1. The lowest BCUT2D eigenvalue weighted by molar-refractivity contribution is -0.119. The molecule has 0 aromatic carbocycles. The Morgan fingerprint density at radius 3 is 2.29 bits per heavy atom. The quantitative estimate of drug-likeness (QED) is 0.685. The van der Waals surface area contributed by atoms with Gasteiger partial charge in [-0.15, -0.1) is 0 Å². The van der Waals surface area contributed by atoms with Gasteiger partial charge in [0.1, 0.15) is 17.5 Å². The molecule has 1 rings (SSSR count). The van der Waals surface area contributed by atoms with Crippen LogP contribution in [0.15, 0.2) is 0 Å². The van der Waals surface area contributed by atoms with Crippen molar-refractivity contribution in [2.45, 2.75) is 47.0 Å². The second-order valence-electron chi connectivity index (χ2n) is 5.29. The first-order valence-electron chi connectivity index (χ1n) is 7.62. The Morgan fingerprint density at radius 1 is 1.14 bits per heavy atom. The monoisotopic (exact) mass is 293 g/mol. The molecule has 6 nitrogen and oxygen atoms in total. The number of nitrogens with one attached hydrogen (secondary N) is 3. The number of amides is 1. The van der Waals surface area contributed by atoms with E-state index in [0.717, 1.165) is 36.0 Å². The molecule has 0 atom stereocenters. The molecular formula is C15H27N5O. The van der Waals surface area contributed by atoms with E-state index in [-0.39, 0.29) is 18.4 Å². The van der Waals surface area contributed by atoms with Crippen LogP contribution in [-0.2, 0) is 4.79 Å². The van der Waals surface area contributed by atoms with Crippen LogP contribution < -0.4 is 16.0 Å². The molecule has 1 aromatic rings. The Bertz CT molecular complexity index is 473. The molecule has 0 aliphatic heterocycles. The Kier molecular flexibility index (Phi) is 6.91. The minimum atomic E-state index is -0.0223. The largest absolute Gasteiger partial charge is 0.370 e. The van der Waals surface area contributed by atoms with Gasteiger partial charge in [0.2, 0.25) is 5.91 Å². The van der Waals surface area contributed by atoms with Crippen molar-refractivity contribution < 1.29 is 4.79 Å². The number of hydrogen-bond acceptors (Lipinski definition) is 5. The second kappa shape index (κ2) is 8.44. The van der Waals surface area contributed by atoms with Crippen molar-refractivity contribution in [3.8, 4) is 0 Å².